The normalized spacial score (nSPS) is 15.4. The maximum absolute atomic E-state index is 12.8. The molecule has 0 saturated carbocycles. The van der Waals surface area contributed by atoms with E-state index in [1.54, 1.807) is 4.90 Å². The molecule has 23 heavy (non-hydrogen) atoms. The minimum absolute atomic E-state index is 0.0434. The number of anilines is 1. The van der Waals surface area contributed by atoms with Crippen LogP contribution in [0.2, 0.25) is 5.02 Å². The van der Waals surface area contributed by atoms with Gasteiger partial charge in [-0.25, -0.2) is 0 Å². The quantitative estimate of drug-likeness (QED) is 0.847. The lowest BCUT2D eigenvalue weighted by Gasteiger charge is -2.26. The van der Waals surface area contributed by atoms with Gasteiger partial charge in [-0.1, -0.05) is 11.6 Å². The van der Waals surface area contributed by atoms with Gasteiger partial charge in [0.05, 0.1) is 10.6 Å². The molecule has 0 unspecified atom stereocenters. The highest BCUT2D eigenvalue weighted by Gasteiger charge is 2.33. The molecule has 0 radical (unpaired) electrons. The number of likely N-dealkylation sites (tertiary alicyclic amines) is 1. The van der Waals surface area contributed by atoms with Crippen LogP contribution in [0.3, 0.4) is 0 Å². The minimum Gasteiger partial charge on any atom is -0.342 e. The molecule has 1 fully saturated rings. The second-order valence-corrected chi connectivity index (χ2v) is 5.77. The Morgan fingerprint density at radius 1 is 1.17 bits per heavy atom. The van der Waals surface area contributed by atoms with Gasteiger partial charge in [0.1, 0.15) is 6.42 Å². The smallest absolute Gasteiger partial charge is 0.342 e. The third-order valence-corrected chi connectivity index (χ3v) is 3.91. The molecule has 4 nitrogen and oxygen atoms in total. The van der Waals surface area contributed by atoms with Gasteiger partial charge >= 0.3 is 6.18 Å². The summed E-state index contributed by atoms with van der Waals surface area (Å²) in [6.07, 6.45) is -2.13. The number of carbonyl (C=O) groups is 2. The number of nitrogens with one attached hydrogen (secondary N) is 1. The highest BCUT2D eigenvalue weighted by Crippen LogP contribution is 2.36. The van der Waals surface area contributed by atoms with Crippen LogP contribution in [0.15, 0.2) is 18.2 Å². The van der Waals surface area contributed by atoms with Gasteiger partial charge in [-0.3, -0.25) is 9.59 Å². The van der Waals surface area contributed by atoms with Crippen molar-refractivity contribution in [2.24, 2.45) is 0 Å². The Balaban J connectivity index is 1.98. The summed E-state index contributed by atoms with van der Waals surface area (Å²) in [6, 6.07) is 3.08. The SMILES string of the molecule is O=C(CC(=O)N1CCCCC1)Nc1ccc(Cl)c(C(F)(F)F)c1. The van der Waals surface area contributed by atoms with Crippen molar-refractivity contribution in [2.45, 2.75) is 31.9 Å². The molecule has 1 heterocycles. The second-order valence-electron chi connectivity index (χ2n) is 5.36. The van der Waals surface area contributed by atoms with Gasteiger partial charge in [0.15, 0.2) is 0 Å². The number of hydrogen-bond donors (Lipinski definition) is 1. The zero-order chi connectivity index (χ0) is 17.0. The first-order valence-corrected chi connectivity index (χ1v) is 7.59. The van der Waals surface area contributed by atoms with E-state index in [0.717, 1.165) is 31.4 Å². The van der Waals surface area contributed by atoms with E-state index in [4.69, 9.17) is 11.6 Å². The number of rotatable bonds is 3. The molecular formula is C15H16ClF3N2O2. The number of alkyl halides is 3. The summed E-state index contributed by atoms with van der Waals surface area (Å²) in [4.78, 5) is 25.4. The Labute approximate surface area is 136 Å². The highest BCUT2D eigenvalue weighted by atomic mass is 35.5. The van der Waals surface area contributed by atoms with Crippen molar-refractivity contribution in [1.82, 2.24) is 4.90 Å². The van der Waals surface area contributed by atoms with Crippen molar-refractivity contribution in [3.63, 3.8) is 0 Å². The lowest BCUT2D eigenvalue weighted by molar-refractivity contribution is -0.138. The van der Waals surface area contributed by atoms with E-state index in [1.807, 2.05) is 0 Å². The first kappa shape index (κ1) is 17.6. The van der Waals surface area contributed by atoms with Crippen molar-refractivity contribution >= 4 is 29.1 Å². The molecule has 0 bridgehead atoms. The van der Waals surface area contributed by atoms with Crippen LogP contribution in [0.5, 0.6) is 0 Å². The Morgan fingerprint density at radius 3 is 2.43 bits per heavy atom. The molecule has 1 aromatic carbocycles. The number of carbonyl (C=O) groups excluding carboxylic acids is 2. The molecule has 0 atom stereocenters. The van der Waals surface area contributed by atoms with E-state index in [-0.39, 0.29) is 18.0 Å². The standard InChI is InChI=1S/C15H16ClF3N2O2/c16-12-5-4-10(8-11(12)15(17,18)19)20-13(22)9-14(23)21-6-2-1-3-7-21/h4-5,8H,1-3,6-7,9H2,(H,20,22). The Hall–Kier alpha value is -1.76. The summed E-state index contributed by atoms with van der Waals surface area (Å²) in [5.74, 6) is -0.955. The maximum atomic E-state index is 12.8. The third kappa shape index (κ3) is 4.86. The molecular weight excluding hydrogens is 333 g/mol. The van der Waals surface area contributed by atoms with E-state index in [9.17, 15) is 22.8 Å². The number of benzene rings is 1. The van der Waals surface area contributed by atoms with Crippen LogP contribution in [0, 0.1) is 0 Å². The number of amides is 2. The van der Waals surface area contributed by atoms with Crippen LogP contribution in [-0.4, -0.2) is 29.8 Å². The van der Waals surface area contributed by atoms with Crippen LogP contribution in [-0.2, 0) is 15.8 Å². The first-order valence-electron chi connectivity index (χ1n) is 7.22. The maximum Gasteiger partial charge on any atom is 0.417 e. The van der Waals surface area contributed by atoms with Crippen LogP contribution >= 0.6 is 11.6 Å². The van der Waals surface area contributed by atoms with E-state index in [0.29, 0.717) is 13.1 Å². The van der Waals surface area contributed by atoms with Crippen LogP contribution in [0.4, 0.5) is 18.9 Å². The van der Waals surface area contributed by atoms with Crippen molar-refractivity contribution in [3.8, 4) is 0 Å². The van der Waals surface area contributed by atoms with Crippen LogP contribution < -0.4 is 5.32 Å². The van der Waals surface area contributed by atoms with Gasteiger partial charge < -0.3 is 10.2 Å². The fraction of sp³-hybridized carbons (Fsp3) is 0.467. The second kappa shape index (κ2) is 7.21. The molecule has 1 saturated heterocycles. The summed E-state index contributed by atoms with van der Waals surface area (Å²) in [7, 11) is 0. The number of hydrogen-bond acceptors (Lipinski definition) is 2. The van der Waals surface area contributed by atoms with Crippen molar-refractivity contribution < 1.29 is 22.8 Å². The van der Waals surface area contributed by atoms with Gasteiger partial charge in [0.25, 0.3) is 0 Å². The molecule has 2 rings (SSSR count). The zero-order valence-corrected chi connectivity index (χ0v) is 13.0. The summed E-state index contributed by atoms with van der Waals surface area (Å²) in [5.41, 5.74) is -1.07. The average Bonchev–Trinajstić information content (AvgIpc) is 2.49. The number of halogens is 4. The van der Waals surface area contributed by atoms with Gasteiger partial charge in [0.2, 0.25) is 11.8 Å². The summed E-state index contributed by atoms with van der Waals surface area (Å²) in [5, 5.41) is 1.86. The molecule has 126 valence electrons. The first-order chi connectivity index (χ1) is 10.8. The Morgan fingerprint density at radius 2 is 1.83 bits per heavy atom. The van der Waals surface area contributed by atoms with E-state index >= 15 is 0 Å². The summed E-state index contributed by atoms with van der Waals surface area (Å²) >= 11 is 5.51. The molecule has 8 heteroatoms. The molecule has 1 aliphatic rings. The predicted octanol–water partition coefficient (Wildman–Crippen LogP) is 3.70. The molecule has 2 amide bonds. The van der Waals surface area contributed by atoms with Gasteiger partial charge in [-0.15, -0.1) is 0 Å². The van der Waals surface area contributed by atoms with Crippen molar-refractivity contribution in [2.75, 3.05) is 18.4 Å². The summed E-state index contributed by atoms with van der Waals surface area (Å²) in [6.45, 7) is 1.23. The molecule has 0 spiro atoms. The van der Waals surface area contributed by atoms with Crippen LogP contribution in [0.1, 0.15) is 31.2 Å². The highest BCUT2D eigenvalue weighted by molar-refractivity contribution is 6.31. The minimum atomic E-state index is -4.61. The number of nitrogens with zero attached hydrogens (tertiary/aromatic N) is 1. The van der Waals surface area contributed by atoms with Gasteiger partial charge in [-0.2, -0.15) is 13.2 Å². The zero-order valence-electron chi connectivity index (χ0n) is 12.3. The van der Waals surface area contributed by atoms with Crippen molar-refractivity contribution in [1.29, 1.82) is 0 Å². The van der Waals surface area contributed by atoms with Gasteiger partial charge in [-0.05, 0) is 37.5 Å². The van der Waals surface area contributed by atoms with Gasteiger partial charge in [0, 0.05) is 18.8 Å². The Kier molecular flexibility index (Phi) is 5.51. The fourth-order valence-corrected chi connectivity index (χ4v) is 2.64. The average molecular weight is 349 g/mol. The molecule has 1 aromatic rings. The van der Waals surface area contributed by atoms with E-state index < -0.39 is 22.7 Å². The molecule has 1 aliphatic heterocycles. The Bertz CT molecular complexity index is 599. The van der Waals surface area contributed by atoms with Crippen LogP contribution in [0.25, 0.3) is 0 Å². The lowest BCUT2D eigenvalue weighted by Crippen LogP contribution is -2.37. The fourth-order valence-electron chi connectivity index (χ4n) is 2.42. The molecule has 0 aliphatic carbocycles. The third-order valence-electron chi connectivity index (χ3n) is 3.58. The summed E-state index contributed by atoms with van der Waals surface area (Å²) < 4.78 is 38.3. The number of piperidine rings is 1. The van der Waals surface area contributed by atoms with E-state index in [1.165, 1.54) is 6.07 Å². The predicted molar refractivity (Wildman–Crippen MR) is 80.1 cm³/mol. The topological polar surface area (TPSA) is 49.4 Å². The van der Waals surface area contributed by atoms with Crippen molar-refractivity contribution in [3.05, 3.63) is 28.8 Å². The molecule has 0 aromatic heterocycles. The lowest BCUT2D eigenvalue weighted by atomic mass is 10.1. The molecule has 1 N–H and O–H groups in total. The monoisotopic (exact) mass is 348 g/mol. The largest absolute Gasteiger partial charge is 0.417 e. The van der Waals surface area contributed by atoms with E-state index in [2.05, 4.69) is 5.32 Å².